The molecule has 1 rings (SSSR count). The van der Waals surface area contributed by atoms with E-state index in [4.69, 9.17) is 0 Å². The van der Waals surface area contributed by atoms with Gasteiger partial charge in [-0.15, -0.1) is 0 Å². The van der Waals surface area contributed by atoms with E-state index in [0.29, 0.717) is 6.42 Å². The van der Waals surface area contributed by atoms with Crippen LogP contribution in [0, 0.1) is 24.2 Å². The van der Waals surface area contributed by atoms with Crippen LogP contribution >= 0.6 is 15.9 Å². The highest BCUT2D eigenvalue weighted by Gasteiger charge is 2.10. The van der Waals surface area contributed by atoms with Gasteiger partial charge in [0.2, 0.25) is 0 Å². The standard InChI is InChI=1S/C15H19BrO/c1-11-7-8-13(16)12(10-11)14(17)6-5-9-15(2,3)4/h7-8,10,14,17H,6H2,1-4H3. The molecule has 0 aliphatic heterocycles. The van der Waals surface area contributed by atoms with Crippen molar-refractivity contribution in [3.05, 3.63) is 33.8 Å². The quantitative estimate of drug-likeness (QED) is 0.809. The summed E-state index contributed by atoms with van der Waals surface area (Å²) in [5.41, 5.74) is 2.04. The number of rotatable bonds is 2. The molecule has 1 nitrogen and oxygen atoms in total. The summed E-state index contributed by atoms with van der Waals surface area (Å²) in [4.78, 5) is 0. The molecule has 1 aromatic carbocycles. The summed E-state index contributed by atoms with van der Waals surface area (Å²) in [6.45, 7) is 8.21. The molecule has 0 radical (unpaired) electrons. The van der Waals surface area contributed by atoms with Crippen molar-refractivity contribution < 1.29 is 5.11 Å². The zero-order valence-electron chi connectivity index (χ0n) is 10.8. The van der Waals surface area contributed by atoms with Gasteiger partial charge in [0.05, 0.1) is 6.10 Å². The minimum atomic E-state index is -0.529. The van der Waals surface area contributed by atoms with Crippen LogP contribution in [-0.4, -0.2) is 5.11 Å². The van der Waals surface area contributed by atoms with Crippen molar-refractivity contribution in [1.82, 2.24) is 0 Å². The summed E-state index contributed by atoms with van der Waals surface area (Å²) in [5.74, 6) is 6.18. The fraction of sp³-hybridized carbons (Fsp3) is 0.467. The molecule has 1 aromatic rings. The third-order valence-corrected chi connectivity index (χ3v) is 2.99. The second-order valence-electron chi connectivity index (χ2n) is 5.30. The van der Waals surface area contributed by atoms with Gasteiger partial charge in [-0.1, -0.05) is 45.5 Å². The van der Waals surface area contributed by atoms with Crippen molar-refractivity contribution in [1.29, 1.82) is 0 Å². The number of aliphatic hydroxyl groups is 1. The van der Waals surface area contributed by atoms with Gasteiger partial charge >= 0.3 is 0 Å². The molecule has 0 fully saturated rings. The van der Waals surface area contributed by atoms with Crippen LogP contribution in [0.2, 0.25) is 0 Å². The Hall–Kier alpha value is -0.780. The molecule has 1 N–H and O–H groups in total. The first-order valence-corrected chi connectivity index (χ1v) is 6.53. The number of hydrogen-bond donors (Lipinski definition) is 1. The van der Waals surface area contributed by atoms with Crippen molar-refractivity contribution >= 4 is 15.9 Å². The van der Waals surface area contributed by atoms with Crippen molar-refractivity contribution in [2.45, 2.75) is 40.2 Å². The van der Waals surface area contributed by atoms with E-state index in [1.54, 1.807) is 0 Å². The summed E-state index contributed by atoms with van der Waals surface area (Å²) in [5, 5.41) is 10.1. The Kier molecular flexibility index (Phi) is 4.80. The number of aliphatic hydroxyl groups excluding tert-OH is 1. The topological polar surface area (TPSA) is 20.2 Å². The van der Waals surface area contributed by atoms with Crippen LogP contribution in [-0.2, 0) is 0 Å². The van der Waals surface area contributed by atoms with Crippen LogP contribution < -0.4 is 0 Å². The third kappa shape index (κ3) is 4.93. The Morgan fingerprint density at radius 2 is 2.00 bits per heavy atom. The fourth-order valence-corrected chi connectivity index (χ4v) is 1.95. The molecule has 0 aliphatic rings. The largest absolute Gasteiger partial charge is 0.387 e. The number of hydrogen-bond acceptors (Lipinski definition) is 1. The Morgan fingerprint density at radius 1 is 1.35 bits per heavy atom. The molecule has 1 unspecified atom stereocenters. The molecule has 0 heterocycles. The summed E-state index contributed by atoms with van der Waals surface area (Å²) in [6.07, 6.45) is -0.0570. The van der Waals surface area contributed by atoms with Gasteiger partial charge in [-0.25, -0.2) is 0 Å². The zero-order valence-corrected chi connectivity index (χ0v) is 12.4. The molecule has 0 spiro atoms. The van der Waals surface area contributed by atoms with Gasteiger partial charge in [-0.3, -0.25) is 0 Å². The van der Waals surface area contributed by atoms with E-state index in [2.05, 4.69) is 48.5 Å². The minimum absolute atomic E-state index is 0.0104. The maximum absolute atomic E-state index is 10.1. The van der Waals surface area contributed by atoms with Gasteiger partial charge < -0.3 is 5.11 Å². The first-order chi connectivity index (χ1) is 7.79. The molecule has 17 heavy (non-hydrogen) atoms. The van der Waals surface area contributed by atoms with Gasteiger partial charge in [0, 0.05) is 16.3 Å². The third-order valence-electron chi connectivity index (χ3n) is 2.27. The lowest BCUT2D eigenvalue weighted by Gasteiger charge is -2.12. The number of halogens is 1. The first-order valence-electron chi connectivity index (χ1n) is 5.74. The van der Waals surface area contributed by atoms with Gasteiger partial charge in [-0.2, -0.15) is 0 Å². The first kappa shape index (κ1) is 14.3. The predicted molar refractivity (Wildman–Crippen MR) is 75.7 cm³/mol. The smallest absolute Gasteiger partial charge is 0.0910 e. The minimum Gasteiger partial charge on any atom is -0.387 e. The SMILES string of the molecule is Cc1ccc(Br)c(C(O)CC#CC(C)(C)C)c1. The Bertz CT molecular complexity index is 446. The van der Waals surface area contributed by atoms with E-state index in [-0.39, 0.29) is 5.41 Å². The molecule has 92 valence electrons. The lowest BCUT2D eigenvalue weighted by atomic mass is 9.97. The van der Waals surface area contributed by atoms with Gasteiger partial charge in [-0.05, 0) is 39.3 Å². The second-order valence-corrected chi connectivity index (χ2v) is 6.15. The van der Waals surface area contributed by atoms with E-state index in [1.165, 1.54) is 0 Å². The summed E-state index contributed by atoms with van der Waals surface area (Å²) >= 11 is 3.45. The zero-order chi connectivity index (χ0) is 13.1. The maximum Gasteiger partial charge on any atom is 0.0910 e. The second kappa shape index (κ2) is 5.71. The van der Waals surface area contributed by atoms with Crippen LogP contribution in [0.4, 0.5) is 0 Å². The summed E-state index contributed by atoms with van der Waals surface area (Å²) in [6, 6.07) is 5.97. The predicted octanol–water partition coefficient (Wildman–Crippen LogP) is 4.23. The monoisotopic (exact) mass is 294 g/mol. The van der Waals surface area contributed by atoms with Crippen LogP contribution in [0.25, 0.3) is 0 Å². The molecule has 2 heteroatoms. The van der Waals surface area contributed by atoms with Crippen LogP contribution in [0.3, 0.4) is 0 Å². The van der Waals surface area contributed by atoms with E-state index in [0.717, 1.165) is 15.6 Å². The normalized spacial score (nSPS) is 12.8. The van der Waals surface area contributed by atoms with Crippen molar-refractivity contribution in [2.24, 2.45) is 5.41 Å². The summed E-state index contributed by atoms with van der Waals surface area (Å²) in [7, 11) is 0. The molecular weight excluding hydrogens is 276 g/mol. The van der Waals surface area contributed by atoms with Gasteiger partial charge in [0.15, 0.2) is 0 Å². The maximum atomic E-state index is 10.1. The van der Waals surface area contributed by atoms with Gasteiger partial charge in [0.25, 0.3) is 0 Å². The van der Waals surface area contributed by atoms with Gasteiger partial charge in [0.1, 0.15) is 0 Å². The van der Waals surface area contributed by atoms with E-state index in [9.17, 15) is 5.11 Å². The Labute approximate surface area is 112 Å². The Balaban J connectivity index is 2.79. The molecule has 1 atom stereocenters. The van der Waals surface area contributed by atoms with E-state index in [1.807, 2.05) is 25.1 Å². The molecule has 0 saturated carbocycles. The number of aryl methyl sites for hydroxylation is 1. The van der Waals surface area contributed by atoms with Crippen LogP contribution in [0.15, 0.2) is 22.7 Å². The lowest BCUT2D eigenvalue weighted by Crippen LogP contribution is -2.01. The highest BCUT2D eigenvalue weighted by atomic mass is 79.9. The van der Waals surface area contributed by atoms with Crippen molar-refractivity contribution in [3.8, 4) is 11.8 Å². The lowest BCUT2D eigenvalue weighted by molar-refractivity contribution is 0.183. The fourth-order valence-electron chi connectivity index (χ4n) is 1.44. The highest BCUT2D eigenvalue weighted by Crippen LogP contribution is 2.26. The summed E-state index contributed by atoms with van der Waals surface area (Å²) < 4.78 is 0.938. The van der Waals surface area contributed by atoms with Crippen molar-refractivity contribution in [3.63, 3.8) is 0 Å². The molecule has 0 bridgehead atoms. The molecular formula is C15H19BrO. The van der Waals surface area contributed by atoms with Crippen LogP contribution in [0.5, 0.6) is 0 Å². The molecule has 0 saturated heterocycles. The average Bonchev–Trinajstić information content (AvgIpc) is 2.19. The van der Waals surface area contributed by atoms with Crippen LogP contribution in [0.1, 0.15) is 44.4 Å². The molecule has 0 aliphatic carbocycles. The van der Waals surface area contributed by atoms with E-state index < -0.39 is 6.10 Å². The molecule has 0 aromatic heterocycles. The van der Waals surface area contributed by atoms with E-state index >= 15 is 0 Å². The number of benzene rings is 1. The highest BCUT2D eigenvalue weighted by molar-refractivity contribution is 9.10. The average molecular weight is 295 g/mol. The Morgan fingerprint density at radius 3 is 2.59 bits per heavy atom. The van der Waals surface area contributed by atoms with Crippen molar-refractivity contribution in [2.75, 3.05) is 0 Å². The molecule has 0 amide bonds.